The Morgan fingerprint density at radius 3 is 2.80 bits per heavy atom. The van der Waals surface area contributed by atoms with Crippen LogP contribution in [-0.4, -0.2) is 36.3 Å². The Morgan fingerprint density at radius 1 is 1.40 bits per heavy atom. The third-order valence-electron chi connectivity index (χ3n) is 3.48. The molecule has 0 aliphatic carbocycles. The van der Waals surface area contributed by atoms with Crippen LogP contribution in [0, 0.1) is 5.82 Å². The summed E-state index contributed by atoms with van der Waals surface area (Å²) in [6, 6.07) is 3.70. The lowest BCUT2D eigenvalue weighted by molar-refractivity contribution is -0.126. The number of hydrogen-bond acceptors (Lipinski definition) is 2. The zero-order chi connectivity index (χ0) is 14.7. The lowest BCUT2D eigenvalue weighted by atomic mass is 10.00. The van der Waals surface area contributed by atoms with Crippen LogP contribution in [0.15, 0.2) is 22.7 Å². The highest BCUT2D eigenvalue weighted by molar-refractivity contribution is 9.10. The van der Waals surface area contributed by atoms with Crippen LogP contribution in [0.25, 0.3) is 0 Å². The highest BCUT2D eigenvalue weighted by Gasteiger charge is 2.32. The van der Waals surface area contributed by atoms with E-state index in [1.807, 2.05) is 0 Å². The number of likely N-dealkylation sites (N-methyl/N-ethyl adjacent to an activating group) is 1. The fraction of sp³-hybridized carbons (Fsp3) is 0.429. The Labute approximate surface area is 125 Å². The molecule has 0 saturated carbocycles. The summed E-state index contributed by atoms with van der Waals surface area (Å²) in [7, 11) is 1.56. The predicted octanol–water partition coefficient (Wildman–Crippen LogP) is 2.33. The van der Waals surface area contributed by atoms with Crippen LogP contribution >= 0.6 is 15.9 Å². The van der Waals surface area contributed by atoms with E-state index in [1.165, 1.54) is 18.2 Å². The van der Waals surface area contributed by atoms with Crippen molar-refractivity contribution < 1.29 is 14.0 Å². The van der Waals surface area contributed by atoms with Crippen molar-refractivity contribution in [1.29, 1.82) is 0 Å². The number of nitrogens with zero attached hydrogens (tertiary/aromatic N) is 1. The van der Waals surface area contributed by atoms with Crippen molar-refractivity contribution in [2.24, 2.45) is 0 Å². The molecule has 1 atom stereocenters. The predicted molar refractivity (Wildman–Crippen MR) is 76.8 cm³/mol. The molecule has 1 saturated heterocycles. The van der Waals surface area contributed by atoms with Crippen LogP contribution in [0.2, 0.25) is 0 Å². The van der Waals surface area contributed by atoms with E-state index in [-0.39, 0.29) is 16.3 Å². The molecule has 1 aliphatic heterocycles. The van der Waals surface area contributed by atoms with Gasteiger partial charge in [0.25, 0.3) is 5.91 Å². The molecule has 2 amide bonds. The number of benzene rings is 1. The quantitative estimate of drug-likeness (QED) is 0.896. The average molecular weight is 343 g/mol. The van der Waals surface area contributed by atoms with E-state index in [9.17, 15) is 14.0 Å². The molecule has 0 spiro atoms. The van der Waals surface area contributed by atoms with Gasteiger partial charge in [0.15, 0.2) is 0 Å². The summed E-state index contributed by atoms with van der Waals surface area (Å²) in [5.41, 5.74) is 0.383. The van der Waals surface area contributed by atoms with Crippen LogP contribution < -0.4 is 5.32 Å². The summed E-state index contributed by atoms with van der Waals surface area (Å²) in [6.07, 6.45) is 2.46. The van der Waals surface area contributed by atoms with Crippen molar-refractivity contribution in [2.45, 2.75) is 25.3 Å². The largest absolute Gasteiger partial charge is 0.357 e. The molecule has 20 heavy (non-hydrogen) atoms. The zero-order valence-corrected chi connectivity index (χ0v) is 12.7. The summed E-state index contributed by atoms with van der Waals surface area (Å²) in [5.74, 6) is -0.804. The molecule has 6 heteroatoms. The minimum atomic E-state index is -0.440. The highest BCUT2D eigenvalue weighted by Crippen LogP contribution is 2.22. The van der Waals surface area contributed by atoms with Gasteiger partial charge in [0.2, 0.25) is 5.91 Å². The average Bonchev–Trinajstić information content (AvgIpc) is 2.48. The van der Waals surface area contributed by atoms with Crippen molar-refractivity contribution >= 4 is 27.7 Å². The van der Waals surface area contributed by atoms with E-state index >= 15 is 0 Å². The molecule has 0 radical (unpaired) electrons. The van der Waals surface area contributed by atoms with Crippen LogP contribution in [0.1, 0.15) is 29.6 Å². The molecule has 1 unspecified atom stereocenters. The smallest absolute Gasteiger partial charge is 0.254 e. The standard InChI is InChI=1S/C14H16BrFN2O2/c1-17-13(19)12-4-2-3-7-18(12)14(20)9-5-6-11(16)10(15)8-9/h5-6,8,12H,2-4,7H2,1H3,(H,17,19). The monoisotopic (exact) mass is 342 g/mol. The van der Waals surface area contributed by atoms with Gasteiger partial charge in [-0.1, -0.05) is 0 Å². The van der Waals surface area contributed by atoms with Gasteiger partial charge in [0.05, 0.1) is 4.47 Å². The molecular weight excluding hydrogens is 327 g/mol. The first kappa shape index (κ1) is 15.0. The summed E-state index contributed by atoms with van der Waals surface area (Å²) >= 11 is 3.07. The maximum atomic E-state index is 13.2. The first-order valence-electron chi connectivity index (χ1n) is 6.52. The summed E-state index contributed by atoms with van der Waals surface area (Å²) in [4.78, 5) is 25.9. The SMILES string of the molecule is CNC(=O)C1CCCCN1C(=O)c1ccc(F)c(Br)c1. The lowest BCUT2D eigenvalue weighted by Gasteiger charge is -2.34. The first-order valence-corrected chi connectivity index (χ1v) is 7.31. The van der Waals surface area contributed by atoms with Gasteiger partial charge in [-0.3, -0.25) is 9.59 Å². The lowest BCUT2D eigenvalue weighted by Crippen LogP contribution is -2.51. The maximum absolute atomic E-state index is 13.2. The van der Waals surface area contributed by atoms with Gasteiger partial charge in [-0.25, -0.2) is 4.39 Å². The molecule has 1 aliphatic rings. The van der Waals surface area contributed by atoms with Gasteiger partial charge in [-0.15, -0.1) is 0 Å². The van der Waals surface area contributed by atoms with Gasteiger partial charge >= 0.3 is 0 Å². The van der Waals surface area contributed by atoms with Gasteiger partial charge in [-0.05, 0) is 53.4 Å². The minimum absolute atomic E-state index is 0.153. The molecule has 1 N–H and O–H groups in total. The van der Waals surface area contributed by atoms with Crippen molar-refractivity contribution in [3.05, 3.63) is 34.1 Å². The number of piperidine rings is 1. The van der Waals surface area contributed by atoms with E-state index in [0.29, 0.717) is 18.5 Å². The van der Waals surface area contributed by atoms with Crippen molar-refractivity contribution in [2.75, 3.05) is 13.6 Å². The first-order chi connectivity index (χ1) is 9.54. The number of likely N-dealkylation sites (tertiary alicyclic amines) is 1. The third kappa shape index (κ3) is 3.00. The van der Waals surface area contributed by atoms with Crippen LogP contribution in [0.4, 0.5) is 4.39 Å². The molecule has 0 aromatic heterocycles. The number of rotatable bonds is 2. The number of carbonyl (C=O) groups excluding carboxylic acids is 2. The van der Waals surface area contributed by atoms with Crippen molar-refractivity contribution in [1.82, 2.24) is 10.2 Å². The minimum Gasteiger partial charge on any atom is -0.357 e. The Kier molecular flexibility index (Phi) is 4.75. The molecule has 1 aromatic carbocycles. The Hall–Kier alpha value is -1.43. The third-order valence-corrected chi connectivity index (χ3v) is 4.09. The maximum Gasteiger partial charge on any atom is 0.254 e. The normalized spacial score (nSPS) is 18.8. The molecular formula is C14H16BrFN2O2. The fourth-order valence-corrected chi connectivity index (χ4v) is 2.79. The van der Waals surface area contributed by atoms with E-state index in [0.717, 1.165) is 12.8 Å². The highest BCUT2D eigenvalue weighted by atomic mass is 79.9. The van der Waals surface area contributed by atoms with E-state index in [2.05, 4.69) is 21.2 Å². The van der Waals surface area contributed by atoms with Gasteiger partial charge in [-0.2, -0.15) is 0 Å². The van der Waals surface area contributed by atoms with E-state index in [4.69, 9.17) is 0 Å². The van der Waals surface area contributed by atoms with E-state index in [1.54, 1.807) is 11.9 Å². The molecule has 4 nitrogen and oxygen atoms in total. The molecule has 1 fully saturated rings. The van der Waals surface area contributed by atoms with Crippen LogP contribution in [0.3, 0.4) is 0 Å². The number of nitrogens with one attached hydrogen (secondary N) is 1. The summed E-state index contributed by atoms with van der Waals surface area (Å²) in [5, 5.41) is 2.59. The fourth-order valence-electron chi connectivity index (χ4n) is 2.41. The van der Waals surface area contributed by atoms with Crippen LogP contribution in [0.5, 0.6) is 0 Å². The van der Waals surface area contributed by atoms with E-state index < -0.39 is 11.9 Å². The second-order valence-corrected chi connectivity index (χ2v) is 5.61. The summed E-state index contributed by atoms with van der Waals surface area (Å²) < 4.78 is 13.5. The topological polar surface area (TPSA) is 49.4 Å². The second-order valence-electron chi connectivity index (χ2n) is 4.75. The Balaban J connectivity index is 2.25. The molecule has 108 valence electrons. The molecule has 2 rings (SSSR count). The number of halogens is 2. The second kappa shape index (κ2) is 6.35. The Morgan fingerprint density at radius 2 is 2.15 bits per heavy atom. The number of amides is 2. The molecule has 0 bridgehead atoms. The van der Waals surface area contributed by atoms with Gasteiger partial charge in [0, 0.05) is 19.2 Å². The van der Waals surface area contributed by atoms with Gasteiger partial charge < -0.3 is 10.2 Å². The number of hydrogen-bond donors (Lipinski definition) is 1. The Bertz CT molecular complexity index is 536. The number of carbonyl (C=O) groups is 2. The zero-order valence-electron chi connectivity index (χ0n) is 11.2. The summed E-state index contributed by atoms with van der Waals surface area (Å²) in [6.45, 7) is 0.548. The van der Waals surface area contributed by atoms with Crippen LogP contribution in [-0.2, 0) is 4.79 Å². The van der Waals surface area contributed by atoms with Crippen molar-refractivity contribution in [3.8, 4) is 0 Å². The molecule has 1 aromatic rings. The van der Waals surface area contributed by atoms with Gasteiger partial charge in [0.1, 0.15) is 11.9 Å². The van der Waals surface area contributed by atoms with Crippen molar-refractivity contribution in [3.63, 3.8) is 0 Å². The molecule has 1 heterocycles.